The van der Waals surface area contributed by atoms with E-state index in [1.807, 2.05) is 17.0 Å². The number of carbonyl (C=O) groups is 2. The third-order valence-electron chi connectivity index (χ3n) is 5.87. The third-order valence-corrected chi connectivity index (χ3v) is 5.87. The normalized spacial score (nSPS) is 23.6. The largest absolute Gasteiger partial charge is 0.378 e. The van der Waals surface area contributed by atoms with Gasteiger partial charge in [0.1, 0.15) is 0 Å². The van der Waals surface area contributed by atoms with Crippen molar-refractivity contribution in [1.29, 1.82) is 0 Å². The highest BCUT2D eigenvalue weighted by molar-refractivity contribution is 6.02. The number of hydrogen-bond acceptors (Lipinski definition) is 4. The Morgan fingerprint density at radius 3 is 2.81 bits per heavy atom. The molecule has 2 amide bonds. The Bertz CT molecular complexity index is 700. The van der Waals surface area contributed by atoms with Crippen LogP contribution in [0.5, 0.6) is 0 Å². The molecule has 0 aromatic heterocycles. The second kappa shape index (κ2) is 7.37. The van der Waals surface area contributed by atoms with Crippen molar-refractivity contribution in [3.05, 3.63) is 34.9 Å². The van der Waals surface area contributed by atoms with Crippen molar-refractivity contribution in [2.24, 2.45) is 0 Å². The molecule has 0 aliphatic carbocycles. The number of benzene rings is 1. The maximum Gasteiger partial charge on any atom is 0.254 e. The molecule has 0 spiro atoms. The highest BCUT2D eigenvalue weighted by Crippen LogP contribution is 2.27. The van der Waals surface area contributed by atoms with Crippen LogP contribution in [0.3, 0.4) is 0 Å². The molecule has 1 aromatic carbocycles. The van der Waals surface area contributed by atoms with E-state index in [2.05, 4.69) is 11.8 Å². The van der Waals surface area contributed by atoms with Gasteiger partial charge in [-0.2, -0.15) is 0 Å². The number of carbonyl (C=O) groups excluding carboxylic acids is 2. The van der Waals surface area contributed by atoms with Gasteiger partial charge in [-0.3, -0.25) is 14.5 Å². The number of likely N-dealkylation sites (tertiary alicyclic amines) is 1. The molecule has 140 valence electrons. The first kappa shape index (κ1) is 17.5. The molecular formula is C20H27N3O3. The highest BCUT2D eigenvalue weighted by Gasteiger charge is 2.33. The summed E-state index contributed by atoms with van der Waals surface area (Å²) in [5.41, 5.74) is 2.34. The Labute approximate surface area is 154 Å². The molecule has 6 nitrogen and oxygen atoms in total. The Morgan fingerprint density at radius 1 is 1.23 bits per heavy atom. The predicted octanol–water partition coefficient (Wildman–Crippen LogP) is 1.60. The molecule has 2 saturated heterocycles. The van der Waals surface area contributed by atoms with Crippen molar-refractivity contribution in [1.82, 2.24) is 14.7 Å². The van der Waals surface area contributed by atoms with Crippen LogP contribution in [-0.2, 0) is 11.3 Å². The van der Waals surface area contributed by atoms with Gasteiger partial charge in [0.15, 0.2) is 0 Å². The smallest absolute Gasteiger partial charge is 0.254 e. The Morgan fingerprint density at radius 2 is 2.04 bits per heavy atom. The SMILES string of the molecule is CCN1CCC[C@H]1CN1Cc2ccc(C(=O)N3CCOCC3)cc2C1=O. The lowest BCUT2D eigenvalue weighted by Crippen LogP contribution is -2.41. The van der Waals surface area contributed by atoms with Crippen molar-refractivity contribution in [3.8, 4) is 0 Å². The van der Waals surface area contributed by atoms with Gasteiger partial charge in [0.25, 0.3) is 11.8 Å². The van der Waals surface area contributed by atoms with Crippen LogP contribution in [0.2, 0.25) is 0 Å². The van der Waals surface area contributed by atoms with Crippen LogP contribution in [0.1, 0.15) is 46.0 Å². The van der Waals surface area contributed by atoms with Crippen molar-refractivity contribution in [2.45, 2.75) is 32.4 Å². The number of ether oxygens (including phenoxy) is 1. The van der Waals surface area contributed by atoms with Crippen LogP contribution in [0.25, 0.3) is 0 Å². The van der Waals surface area contributed by atoms with Crippen LogP contribution in [0.4, 0.5) is 0 Å². The van der Waals surface area contributed by atoms with Gasteiger partial charge in [0.2, 0.25) is 0 Å². The summed E-state index contributed by atoms with van der Waals surface area (Å²) >= 11 is 0. The minimum atomic E-state index is -0.00435. The number of likely N-dealkylation sites (N-methyl/N-ethyl adjacent to an activating group) is 1. The van der Waals surface area contributed by atoms with Gasteiger partial charge in [-0.25, -0.2) is 0 Å². The molecule has 6 heteroatoms. The van der Waals surface area contributed by atoms with E-state index in [0.717, 1.165) is 31.6 Å². The first-order valence-corrected chi connectivity index (χ1v) is 9.70. The standard InChI is InChI=1S/C20H27N3O3/c1-2-21-7-3-4-17(21)14-23-13-16-6-5-15(12-18(16)20(23)25)19(24)22-8-10-26-11-9-22/h5-6,12,17H,2-4,7-11,13-14H2,1H3/t17-/m0/s1. The number of rotatable bonds is 4. The molecule has 0 saturated carbocycles. The summed E-state index contributed by atoms with van der Waals surface area (Å²) in [5.74, 6) is 0.0647. The van der Waals surface area contributed by atoms with Crippen molar-refractivity contribution >= 4 is 11.8 Å². The second-order valence-corrected chi connectivity index (χ2v) is 7.39. The van der Waals surface area contributed by atoms with Crippen molar-refractivity contribution in [2.75, 3.05) is 45.9 Å². The third kappa shape index (κ3) is 3.23. The predicted molar refractivity (Wildman–Crippen MR) is 98.2 cm³/mol. The lowest BCUT2D eigenvalue weighted by atomic mass is 10.1. The van der Waals surface area contributed by atoms with E-state index < -0.39 is 0 Å². The highest BCUT2D eigenvalue weighted by atomic mass is 16.5. The van der Waals surface area contributed by atoms with E-state index >= 15 is 0 Å². The van der Waals surface area contributed by atoms with Crippen molar-refractivity contribution in [3.63, 3.8) is 0 Å². The number of morpholine rings is 1. The molecule has 26 heavy (non-hydrogen) atoms. The number of hydrogen-bond donors (Lipinski definition) is 0. The maximum atomic E-state index is 12.9. The van der Waals surface area contributed by atoms with Crippen LogP contribution in [0, 0.1) is 0 Å². The molecule has 1 atom stereocenters. The topological polar surface area (TPSA) is 53.1 Å². The first-order valence-electron chi connectivity index (χ1n) is 9.70. The van der Waals surface area contributed by atoms with E-state index in [1.54, 1.807) is 11.0 Å². The molecule has 0 N–H and O–H groups in total. The van der Waals surface area contributed by atoms with Gasteiger partial charge in [-0.05, 0) is 43.6 Å². The van der Waals surface area contributed by atoms with Crippen LogP contribution in [-0.4, -0.2) is 78.5 Å². The zero-order valence-corrected chi connectivity index (χ0v) is 15.4. The average Bonchev–Trinajstić information content (AvgIpc) is 3.26. The van der Waals surface area contributed by atoms with Gasteiger partial charge in [0, 0.05) is 43.3 Å². The van der Waals surface area contributed by atoms with Crippen LogP contribution >= 0.6 is 0 Å². The van der Waals surface area contributed by atoms with Gasteiger partial charge >= 0.3 is 0 Å². The van der Waals surface area contributed by atoms with E-state index in [0.29, 0.717) is 50.0 Å². The molecule has 2 fully saturated rings. The second-order valence-electron chi connectivity index (χ2n) is 7.39. The van der Waals surface area contributed by atoms with Crippen molar-refractivity contribution < 1.29 is 14.3 Å². The molecule has 3 heterocycles. The lowest BCUT2D eigenvalue weighted by molar-refractivity contribution is 0.0303. The van der Waals surface area contributed by atoms with Crippen LogP contribution in [0.15, 0.2) is 18.2 Å². The molecule has 1 aromatic rings. The number of amides is 2. The van der Waals surface area contributed by atoms with E-state index in [-0.39, 0.29) is 11.8 Å². The van der Waals surface area contributed by atoms with E-state index in [9.17, 15) is 9.59 Å². The Hall–Kier alpha value is -1.92. The zero-order valence-electron chi connectivity index (χ0n) is 15.4. The van der Waals surface area contributed by atoms with E-state index in [1.165, 1.54) is 6.42 Å². The fraction of sp³-hybridized carbons (Fsp3) is 0.600. The minimum Gasteiger partial charge on any atom is -0.378 e. The molecule has 0 bridgehead atoms. The monoisotopic (exact) mass is 357 g/mol. The van der Waals surface area contributed by atoms with Crippen LogP contribution < -0.4 is 0 Å². The average molecular weight is 357 g/mol. The fourth-order valence-electron chi connectivity index (χ4n) is 4.36. The van der Waals surface area contributed by atoms with Gasteiger partial charge in [-0.1, -0.05) is 13.0 Å². The first-order chi connectivity index (χ1) is 12.7. The summed E-state index contributed by atoms with van der Waals surface area (Å²) in [6.45, 7) is 8.20. The maximum absolute atomic E-state index is 12.9. The van der Waals surface area contributed by atoms with Gasteiger partial charge in [-0.15, -0.1) is 0 Å². The molecule has 0 unspecified atom stereocenters. The number of fused-ring (bicyclic) bond motifs is 1. The quantitative estimate of drug-likeness (QED) is 0.821. The lowest BCUT2D eigenvalue weighted by Gasteiger charge is -2.27. The summed E-state index contributed by atoms with van der Waals surface area (Å²) < 4.78 is 5.31. The molecule has 3 aliphatic heterocycles. The Kier molecular flexibility index (Phi) is 4.96. The summed E-state index contributed by atoms with van der Waals surface area (Å²) in [6, 6.07) is 6.07. The van der Waals surface area contributed by atoms with Gasteiger partial charge in [0.05, 0.1) is 13.2 Å². The molecular weight excluding hydrogens is 330 g/mol. The molecule has 0 radical (unpaired) electrons. The molecule has 4 rings (SSSR count). The zero-order chi connectivity index (χ0) is 18.1. The summed E-state index contributed by atoms with van der Waals surface area (Å²) in [6.07, 6.45) is 2.38. The Balaban J connectivity index is 1.47. The summed E-state index contributed by atoms with van der Waals surface area (Å²) in [7, 11) is 0. The minimum absolute atomic E-state index is 0.00435. The molecule has 3 aliphatic rings. The number of nitrogens with zero attached hydrogens (tertiary/aromatic N) is 3. The summed E-state index contributed by atoms with van der Waals surface area (Å²) in [5, 5.41) is 0. The fourth-order valence-corrected chi connectivity index (χ4v) is 4.36. The van der Waals surface area contributed by atoms with E-state index in [4.69, 9.17) is 4.74 Å². The van der Waals surface area contributed by atoms with Gasteiger partial charge < -0.3 is 14.5 Å². The summed E-state index contributed by atoms with van der Waals surface area (Å²) in [4.78, 5) is 31.8.